The van der Waals surface area contributed by atoms with Crippen LogP contribution in [-0.2, 0) is 7.05 Å². The van der Waals surface area contributed by atoms with Gasteiger partial charge in [-0.2, -0.15) is 5.26 Å². The lowest BCUT2D eigenvalue weighted by Gasteiger charge is -2.13. The van der Waals surface area contributed by atoms with Gasteiger partial charge in [-0.05, 0) is 31.2 Å². The van der Waals surface area contributed by atoms with Crippen molar-refractivity contribution in [3.05, 3.63) is 54.0 Å². The maximum Gasteiger partial charge on any atom is 0.159 e. The fourth-order valence-corrected chi connectivity index (χ4v) is 2.66. The number of thiocarbonyl (C=S) groups is 1. The number of nitrogens with one attached hydrogen (secondary N) is 1. The first-order chi connectivity index (χ1) is 11.1. The number of aromatic nitrogens is 3. The van der Waals surface area contributed by atoms with E-state index in [4.69, 9.17) is 12.2 Å². The van der Waals surface area contributed by atoms with Crippen LogP contribution in [0.15, 0.2) is 42.6 Å². The zero-order valence-electron chi connectivity index (χ0n) is 12.8. The SMILES string of the molecule is Cc1ccc(NC(=S)C(C#N)c2nc3cccnc3n2C)cc1. The minimum atomic E-state index is -0.634. The Balaban J connectivity index is 1.92. The minimum Gasteiger partial charge on any atom is -0.349 e. The Morgan fingerprint density at radius 3 is 2.70 bits per heavy atom. The summed E-state index contributed by atoms with van der Waals surface area (Å²) in [6, 6.07) is 13.8. The van der Waals surface area contributed by atoms with E-state index in [0.29, 0.717) is 10.8 Å². The van der Waals surface area contributed by atoms with Crippen LogP contribution in [0.3, 0.4) is 0 Å². The molecule has 3 rings (SSSR count). The van der Waals surface area contributed by atoms with Crippen molar-refractivity contribution in [2.24, 2.45) is 7.05 Å². The summed E-state index contributed by atoms with van der Waals surface area (Å²) in [5, 5.41) is 12.7. The van der Waals surface area contributed by atoms with Crippen molar-refractivity contribution in [2.75, 3.05) is 5.32 Å². The molecule has 23 heavy (non-hydrogen) atoms. The number of nitriles is 1. The van der Waals surface area contributed by atoms with Crippen LogP contribution in [0.4, 0.5) is 5.69 Å². The highest BCUT2D eigenvalue weighted by atomic mass is 32.1. The standard InChI is InChI=1S/C17H15N5S/c1-11-5-7-12(8-6-11)20-17(23)13(10-18)15-21-14-4-3-9-19-16(14)22(15)2/h3-9,13H,1-2H3,(H,20,23). The number of imidazole rings is 1. The zero-order valence-corrected chi connectivity index (χ0v) is 13.6. The van der Waals surface area contributed by atoms with E-state index in [0.717, 1.165) is 16.9 Å². The predicted molar refractivity (Wildman–Crippen MR) is 94.3 cm³/mol. The van der Waals surface area contributed by atoms with Crippen molar-refractivity contribution >= 4 is 34.1 Å². The first-order valence-corrected chi connectivity index (χ1v) is 7.55. The summed E-state index contributed by atoms with van der Waals surface area (Å²) in [5.74, 6) is -0.0451. The van der Waals surface area contributed by atoms with Crippen LogP contribution in [-0.4, -0.2) is 19.5 Å². The Kier molecular flexibility index (Phi) is 4.04. The average Bonchev–Trinajstić information content (AvgIpc) is 2.88. The van der Waals surface area contributed by atoms with E-state index in [9.17, 15) is 5.26 Å². The van der Waals surface area contributed by atoms with E-state index in [1.54, 1.807) is 6.20 Å². The molecule has 1 unspecified atom stereocenters. The quantitative estimate of drug-likeness (QED) is 0.750. The molecule has 0 radical (unpaired) electrons. The maximum atomic E-state index is 9.57. The van der Waals surface area contributed by atoms with Gasteiger partial charge in [0.15, 0.2) is 11.6 Å². The molecule has 0 fully saturated rings. The molecule has 114 valence electrons. The van der Waals surface area contributed by atoms with Crippen LogP contribution < -0.4 is 5.32 Å². The van der Waals surface area contributed by atoms with Gasteiger partial charge in [0, 0.05) is 18.9 Å². The Labute approximate surface area is 139 Å². The summed E-state index contributed by atoms with van der Waals surface area (Å²) < 4.78 is 1.81. The fraction of sp³-hybridized carbons (Fsp3) is 0.176. The Hall–Kier alpha value is -2.78. The van der Waals surface area contributed by atoms with Crippen molar-refractivity contribution in [2.45, 2.75) is 12.8 Å². The second kappa shape index (κ2) is 6.15. The molecule has 0 amide bonds. The third-order valence-corrected chi connectivity index (χ3v) is 3.97. The van der Waals surface area contributed by atoms with Crippen molar-refractivity contribution < 1.29 is 0 Å². The molecule has 0 saturated heterocycles. The van der Waals surface area contributed by atoms with E-state index in [1.807, 2.05) is 54.9 Å². The van der Waals surface area contributed by atoms with Gasteiger partial charge in [-0.25, -0.2) is 9.97 Å². The highest BCUT2D eigenvalue weighted by Gasteiger charge is 2.23. The van der Waals surface area contributed by atoms with Gasteiger partial charge in [0.2, 0.25) is 0 Å². The van der Waals surface area contributed by atoms with Crippen molar-refractivity contribution in [3.8, 4) is 6.07 Å². The maximum absolute atomic E-state index is 9.57. The molecule has 0 bridgehead atoms. The molecule has 1 atom stereocenters. The van der Waals surface area contributed by atoms with Crippen molar-refractivity contribution in [1.82, 2.24) is 14.5 Å². The first kappa shape index (κ1) is 15.1. The summed E-state index contributed by atoms with van der Waals surface area (Å²) >= 11 is 5.43. The highest BCUT2D eigenvalue weighted by molar-refractivity contribution is 7.80. The second-order valence-corrected chi connectivity index (χ2v) is 5.73. The Bertz CT molecular complexity index is 905. The van der Waals surface area contributed by atoms with Gasteiger partial charge in [0.25, 0.3) is 0 Å². The smallest absolute Gasteiger partial charge is 0.159 e. The second-order valence-electron chi connectivity index (χ2n) is 5.29. The molecule has 0 aliphatic carbocycles. The number of fused-ring (bicyclic) bond motifs is 1. The lowest BCUT2D eigenvalue weighted by Crippen LogP contribution is -2.20. The van der Waals surface area contributed by atoms with E-state index in [-0.39, 0.29) is 0 Å². The van der Waals surface area contributed by atoms with E-state index in [2.05, 4.69) is 21.4 Å². The van der Waals surface area contributed by atoms with E-state index in [1.165, 1.54) is 5.56 Å². The van der Waals surface area contributed by atoms with E-state index >= 15 is 0 Å². The molecule has 6 heteroatoms. The van der Waals surface area contributed by atoms with Gasteiger partial charge in [-0.1, -0.05) is 29.9 Å². The number of anilines is 1. The van der Waals surface area contributed by atoms with Crippen LogP contribution in [0, 0.1) is 18.3 Å². The molecule has 5 nitrogen and oxygen atoms in total. The number of benzene rings is 1. The van der Waals surface area contributed by atoms with Gasteiger partial charge < -0.3 is 9.88 Å². The van der Waals surface area contributed by atoms with Gasteiger partial charge >= 0.3 is 0 Å². The molecule has 3 aromatic rings. The minimum absolute atomic E-state index is 0.426. The number of nitrogens with zero attached hydrogens (tertiary/aromatic N) is 4. The van der Waals surface area contributed by atoms with Crippen molar-refractivity contribution in [1.29, 1.82) is 5.26 Å². The van der Waals surface area contributed by atoms with E-state index < -0.39 is 5.92 Å². The monoisotopic (exact) mass is 321 g/mol. The van der Waals surface area contributed by atoms with Gasteiger partial charge in [0.05, 0.1) is 6.07 Å². The summed E-state index contributed by atoms with van der Waals surface area (Å²) in [5.41, 5.74) is 3.52. The summed E-state index contributed by atoms with van der Waals surface area (Å²) in [6.07, 6.45) is 1.71. The molecule has 0 aliphatic rings. The highest BCUT2D eigenvalue weighted by Crippen LogP contribution is 2.22. The van der Waals surface area contributed by atoms with Crippen LogP contribution in [0.1, 0.15) is 17.3 Å². The number of rotatable bonds is 3. The van der Waals surface area contributed by atoms with Crippen molar-refractivity contribution in [3.63, 3.8) is 0 Å². The summed E-state index contributed by atoms with van der Waals surface area (Å²) in [6.45, 7) is 2.02. The predicted octanol–water partition coefficient (Wildman–Crippen LogP) is 3.32. The lowest BCUT2D eigenvalue weighted by molar-refractivity contribution is 0.826. The molecule has 1 N–H and O–H groups in total. The topological polar surface area (TPSA) is 66.5 Å². The third-order valence-electron chi connectivity index (χ3n) is 3.63. The van der Waals surface area contributed by atoms with Gasteiger partial charge in [0.1, 0.15) is 16.3 Å². The molecule has 0 aliphatic heterocycles. The third kappa shape index (κ3) is 2.91. The molecule has 2 heterocycles. The molecular formula is C17H15N5S. The molecule has 0 spiro atoms. The molecule has 2 aromatic heterocycles. The number of pyridine rings is 1. The van der Waals surface area contributed by atoms with Crippen LogP contribution in [0.25, 0.3) is 11.2 Å². The van der Waals surface area contributed by atoms with Crippen LogP contribution in [0.2, 0.25) is 0 Å². The summed E-state index contributed by atoms with van der Waals surface area (Å²) in [7, 11) is 1.84. The summed E-state index contributed by atoms with van der Waals surface area (Å²) in [4.78, 5) is 9.23. The fourth-order valence-electron chi connectivity index (χ4n) is 2.38. The number of aryl methyl sites for hydroxylation is 2. The average molecular weight is 321 g/mol. The zero-order chi connectivity index (χ0) is 16.4. The number of hydrogen-bond donors (Lipinski definition) is 1. The normalized spacial score (nSPS) is 11.9. The van der Waals surface area contributed by atoms with Crippen LogP contribution in [0.5, 0.6) is 0 Å². The molecule has 0 saturated carbocycles. The Morgan fingerprint density at radius 1 is 1.30 bits per heavy atom. The molecule has 1 aromatic carbocycles. The van der Waals surface area contributed by atoms with Gasteiger partial charge in [-0.15, -0.1) is 0 Å². The van der Waals surface area contributed by atoms with Crippen LogP contribution >= 0.6 is 12.2 Å². The first-order valence-electron chi connectivity index (χ1n) is 7.14. The lowest BCUT2D eigenvalue weighted by atomic mass is 10.1. The largest absolute Gasteiger partial charge is 0.349 e. The van der Waals surface area contributed by atoms with Gasteiger partial charge in [-0.3, -0.25) is 0 Å². The Morgan fingerprint density at radius 2 is 2.04 bits per heavy atom. The molecular weight excluding hydrogens is 306 g/mol. The number of hydrogen-bond acceptors (Lipinski definition) is 4.